The molecule has 0 atom stereocenters. The Balaban J connectivity index is 1.47. The van der Waals surface area contributed by atoms with Gasteiger partial charge in [0, 0.05) is 19.2 Å². The summed E-state index contributed by atoms with van der Waals surface area (Å²) in [5.41, 5.74) is 0.711. The number of hydrogen-bond acceptors (Lipinski definition) is 3. The zero-order valence-electron chi connectivity index (χ0n) is 13.0. The molecule has 1 spiro atoms. The van der Waals surface area contributed by atoms with Gasteiger partial charge in [-0.05, 0) is 63.6 Å². The average Bonchev–Trinajstić information content (AvgIpc) is 2.51. The van der Waals surface area contributed by atoms with E-state index in [9.17, 15) is 0 Å². The summed E-state index contributed by atoms with van der Waals surface area (Å²) >= 11 is 0. The summed E-state index contributed by atoms with van der Waals surface area (Å²) in [6, 6.07) is 0.859. The molecule has 2 saturated heterocycles. The molecule has 0 bridgehead atoms. The van der Waals surface area contributed by atoms with Gasteiger partial charge in [-0.2, -0.15) is 0 Å². The van der Waals surface area contributed by atoms with Crippen LogP contribution >= 0.6 is 0 Å². The Morgan fingerprint density at radius 3 is 2.45 bits per heavy atom. The van der Waals surface area contributed by atoms with Crippen LogP contribution in [0.25, 0.3) is 0 Å². The van der Waals surface area contributed by atoms with E-state index in [0.29, 0.717) is 5.41 Å². The molecule has 0 aromatic carbocycles. The lowest BCUT2D eigenvalue weighted by atomic mass is 9.60. The van der Waals surface area contributed by atoms with Crippen molar-refractivity contribution in [2.45, 2.75) is 63.8 Å². The van der Waals surface area contributed by atoms with Crippen LogP contribution in [0.2, 0.25) is 0 Å². The summed E-state index contributed by atoms with van der Waals surface area (Å²) in [6.45, 7) is 6.90. The quantitative estimate of drug-likeness (QED) is 0.799. The van der Waals surface area contributed by atoms with Crippen LogP contribution in [-0.4, -0.2) is 50.3 Å². The van der Waals surface area contributed by atoms with Gasteiger partial charge >= 0.3 is 0 Å². The first-order valence-corrected chi connectivity index (χ1v) is 8.91. The minimum Gasteiger partial charge on any atom is -0.380 e. The molecule has 1 aliphatic carbocycles. The van der Waals surface area contributed by atoms with Crippen LogP contribution in [-0.2, 0) is 4.74 Å². The minimum absolute atomic E-state index is 0.711. The zero-order chi connectivity index (χ0) is 13.7. The summed E-state index contributed by atoms with van der Waals surface area (Å²) in [5.74, 6) is 0. The molecule has 3 nitrogen and oxygen atoms in total. The Morgan fingerprint density at radius 1 is 0.850 bits per heavy atom. The maximum atomic E-state index is 5.80. The van der Waals surface area contributed by atoms with Gasteiger partial charge < -0.3 is 10.1 Å². The molecule has 0 aromatic heterocycles. The highest BCUT2D eigenvalue weighted by atomic mass is 16.5. The van der Waals surface area contributed by atoms with Crippen LogP contribution < -0.4 is 5.32 Å². The highest BCUT2D eigenvalue weighted by Gasteiger charge is 2.46. The van der Waals surface area contributed by atoms with E-state index in [1.165, 1.54) is 84.0 Å². The van der Waals surface area contributed by atoms with Crippen LogP contribution in [0.4, 0.5) is 0 Å². The summed E-state index contributed by atoms with van der Waals surface area (Å²) in [7, 11) is 0. The normalized spacial score (nSPS) is 30.6. The van der Waals surface area contributed by atoms with Crippen molar-refractivity contribution in [1.29, 1.82) is 0 Å². The van der Waals surface area contributed by atoms with Gasteiger partial charge in [0.15, 0.2) is 0 Å². The van der Waals surface area contributed by atoms with E-state index < -0.39 is 0 Å². The second-order valence-corrected chi connectivity index (χ2v) is 7.23. The predicted octanol–water partition coefficient (Wildman–Crippen LogP) is 2.80. The van der Waals surface area contributed by atoms with Gasteiger partial charge in [0.1, 0.15) is 0 Å². The highest BCUT2D eigenvalue weighted by molar-refractivity contribution is 5.00. The van der Waals surface area contributed by atoms with Crippen LogP contribution in [0, 0.1) is 5.41 Å². The molecule has 1 saturated carbocycles. The van der Waals surface area contributed by atoms with E-state index in [4.69, 9.17) is 4.74 Å². The maximum absolute atomic E-state index is 5.80. The van der Waals surface area contributed by atoms with E-state index in [2.05, 4.69) is 10.2 Å². The van der Waals surface area contributed by atoms with E-state index in [0.717, 1.165) is 19.3 Å². The number of nitrogens with one attached hydrogen (secondary N) is 1. The molecule has 3 rings (SSSR count). The molecule has 2 heterocycles. The Hall–Kier alpha value is -0.120. The SMILES string of the molecule is C1CCCOCCN(C2CC3(CCNCC3)C2)CCC1. The van der Waals surface area contributed by atoms with Gasteiger partial charge in [-0.1, -0.05) is 19.3 Å². The molecular weight excluding hydrogens is 248 g/mol. The molecule has 0 radical (unpaired) electrons. The number of nitrogens with zero attached hydrogens (tertiary/aromatic N) is 1. The average molecular weight is 280 g/mol. The first kappa shape index (κ1) is 14.8. The fourth-order valence-corrected chi connectivity index (χ4v) is 4.37. The van der Waals surface area contributed by atoms with Crippen molar-refractivity contribution in [3.63, 3.8) is 0 Å². The van der Waals surface area contributed by atoms with Crippen molar-refractivity contribution in [2.75, 3.05) is 39.4 Å². The standard InChI is InChI=1S/C17H32N2O/c1-2-4-10-19(11-13-20-12-5-3-1)16-14-17(15-16)6-8-18-9-7-17/h16,18H,1-15H2. The molecule has 3 heteroatoms. The summed E-state index contributed by atoms with van der Waals surface area (Å²) in [5, 5.41) is 3.51. The fraction of sp³-hybridized carbons (Fsp3) is 1.00. The van der Waals surface area contributed by atoms with Gasteiger partial charge in [-0.3, -0.25) is 4.90 Å². The third-order valence-corrected chi connectivity index (χ3v) is 5.77. The second-order valence-electron chi connectivity index (χ2n) is 7.23. The molecule has 0 amide bonds. The third kappa shape index (κ3) is 3.75. The van der Waals surface area contributed by atoms with Crippen molar-refractivity contribution >= 4 is 0 Å². The third-order valence-electron chi connectivity index (χ3n) is 5.77. The van der Waals surface area contributed by atoms with Crippen LogP contribution in [0.15, 0.2) is 0 Å². The smallest absolute Gasteiger partial charge is 0.0593 e. The number of hydrogen-bond donors (Lipinski definition) is 1. The number of piperidine rings is 1. The molecule has 0 unspecified atom stereocenters. The lowest BCUT2D eigenvalue weighted by Crippen LogP contribution is -2.55. The molecular formula is C17H32N2O. The van der Waals surface area contributed by atoms with Gasteiger partial charge in [0.2, 0.25) is 0 Å². The molecule has 20 heavy (non-hydrogen) atoms. The van der Waals surface area contributed by atoms with Crippen LogP contribution in [0.5, 0.6) is 0 Å². The van der Waals surface area contributed by atoms with E-state index in [1.807, 2.05) is 0 Å². The van der Waals surface area contributed by atoms with Gasteiger partial charge in [-0.15, -0.1) is 0 Å². The zero-order valence-corrected chi connectivity index (χ0v) is 13.0. The summed E-state index contributed by atoms with van der Waals surface area (Å²) < 4.78 is 5.80. The van der Waals surface area contributed by atoms with E-state index in [-0.39, 0.29) is 0 Å². The Morgan fingerprint density at radius 2 is 1.60 bits per heavy atom. The Labute approximate surface area is 124 Å². The second kappa shape index (κ2) is 7.24. The topological polar surface area (TPSA) is 24.5 Å². The number of ether oxygens (including phenoxy) is 1. The van der Waals surface area contributed by atoms with Gasteiger partial charge in [-0.25, -0.2) is 0 Å². The minimum atomic E-state index is 0.711. The number of rotatable bonds is 1. The van der Waals surface area contributed by atoms with E-state index in [1.54, 1.807) is 0 Å². The lowest BCUT2D eigenvalue weighted by molar-refractivity contribution is -0.0308. The Bertz CT molecular complexity index is 269. The van der Waals surface area contributed by atoms with Gasteiger partial charge in [0.05, 0.1) is 6.61 Å². The largest absolute Gasteiger partial charge is 0.380 e. The maximum Gasteiger partial charge on any atom is 0.0593 e. The van der Waals surface area contributed by atoms with E-state index >= 15 is 0 Å². The predicted molar refractivity (Wildman–Crippen MR) is 83.0 cm³/mol. The molecule has 116 valence electrons. The summed E-state index contributed by atoms with van der Waals surface area (Å²) in [6.07, 6.45) is 12.6. The van der Waals surface area contributed by atoms with Crippen molar-refractivity contribution in [3.8, 4) is 0 Å². The van der Waals surface area contributed by atoms with Crippen LogP contribution in [0.1, 0.15) is 57.8 Å². The van der Waals surface area contributed by atoms with Crippen molar-refractivity contribution in [2.24, 2.45) is 5.41 Å². The summed E-state index contributed by atoms with van der Waals surface area (Å²) in [4.78, 5) is 2.75. The Kier molecular flexibility index (Phi) is 5.36. The first-order chi connectivity index (χ1) is 9.88. The molecule has 2 aliphatic heterocycles. The molecule has 3 fully saturated rings. The molecule has 1 N–H and O–H groups in total. The molecule has 3 aliphatic rings. The van der Waals surface area contributed by atoms with Crippen molar-refractivity contribution in [3.05, 3.63) is 0 Å². The van der Waals surface area contributed by atoms with Crippen LogP contribution in [0.3, 0.4) is 0 Å². The fourth-order valence-electron chi connectivity index (χ4n) is 4.37. The van der Waals surface area contributed by atoms with Crippen molar-refractivity contribution in [1.82, 2.24) is 10.2 Å². The van der Waals surface area contributed by atoms with Gasteiger partial charge in [0.25, 0.3) is 0 Å². The monoisotopic (exact) mass is 280 g/mol. The molecule has 0 aromatic rings. The van der Waals surface area contributed by atoms with Crippen molar-refractivity contribution < 1.29 is 4.74 Å². The highest BCUT2D eigenvalue weighted by Crippen LogP contribution is 2.49. The lowest BCUT2D eigenvalue weighted by Gasteiger charge is -2.54. The first-order valence-electron chi connectivity index (χ1n) is 8.91.